The molecule has 0 saturated heterocycles. The Kier molecular flexibility index (Phi) is 9.01. The maximum atomic E-state index is 13.2. The van der Waals surface area contributed by atoms with E-state index in [1.54, 1.807) is 19.1 Å². The van der Waals surface area contributed by atoms with Crippen molar-refractivity contribution in [2.24, 2.45) is 5.92 Å². The number of nitriles is 1. The summed E-state index contributed by atoms with van der Waals surface area (Å²) in [5, 5.41) is 13.6. The number of carbonyl (C=O) groups excluding carboxylic acids is 3. The number of carbonyl (C=O) groups is 3. The van der Waals surface area contributed by atoms with Crippen molar-refractivity contribution in [3.05, 3.63) is 48.0 Å². The Labute approximate surface area is 183 Å². The first-order valence-corrected chi connectivity index (χ1v) is 10.5. The maximum Gasteiger partial charge on any atom is 0.325 e. The molecule has 0 spiro atoms. The molecule has 1 atom stereocenters. The van der Waals surface area contributed by atoms with E-state index in [0.717, 1.165) is 10.8 Å². The number of hydrogen-bond acceptors (Lipinski definition) is 5. The number of fused-ring (bicyclic) bond motifs is 1. The first kappa shape index (κ1) is 23.9. The van der Waals surface area contributed by atoms with Crippen LogP contribution in [0.15, 0.2) is 42.5 Å². The second-order valence-electron chi connectivity index (χ2n) is 7.58. The lowest BCUT2D eigenvalue weighted by atomic mass is 10.0. The fourth-order valence-corrected chi connectivity index (χ4v) is 3.24. The number of ether oxygens (including phenoxy) is 1. The highest BCUT2D eigenvalue weighted by molar-refractivity contribution is 6.01. The number of rotatable bonds is 10. The Bertz CT molecular complexity index is 965. The number of benzene rings is 2. The van der Waals surface area contributed by atoms with Crippen LogP contribution in [0.4, 0.5) is 0 Å². The zero-order valence-electron chi connectivity index (χ0n) is 18.3. The highest BCUT2D eigenvalue weighted by Gasteiger charge is 2.30. The van der Waals surface area contributed by atoms with Gasteiger partial charge in [0.15, 0.2) is 0 Å². The third kappa shape index (κ3) is 6.82. The van der Waals surface area contributed by atoms with Gasteiger partial charge in [0.1, 0.15) is 12.6 Å². The van der Waals surface area contributed by atoms with Crippen LogP contribution in [0.2, 0.25) is 0 Å². The Morgan fingerprint density at radius 2 is 1.84 bits per heavy atom. The molecule has 2 aromatic carbocycles. The van der Waals surface area contributed by atoms with E-state index in [0.29, 0.717) is 12.0 Å². The summed E-state index contributed by atoms with van der Waals surface area (Å²) in [6, 6.07) is 14.3. The van der Waals surface area contributed by atoms with Crippen molar-refractivity contribution in [2.45, 2.75) is 39.7 Å². The Morgan fingerprint density at radius 3 is 2.48 bits per heavy atom. The van der Waals surface area contributed by atoms with Gasteiger partial charge in [0, 0.05) is 18.5 Å². The van der Waals surface area contributed by atoms with Gasteiger partial charge in [-0.2, -0.15) is 5.26 Å². The lowest BCUT2D eigenvalue weighted by Gasteiger charge is -2.29. The number of hydrogen-bond donors (Lipinski definition) is 1. The lowest BCUT2D eigenvalue weighted by molar-refractivity contribution is -0.149. The summed E-state index contributed by atoms with van der Waals surface area (Å²) in [7, 11) is 0. The number of nitrogens with one attached hydrogen (secondary N) is 1. The average Bonchev–Trinajstić information content (AvgIpc) is 2.76. The van der Waals surface area contributed by atoms with Gasteiger partial charge in [-0.25, -0.2) is 0 Å². The molecule has 2 amide bonds. The van der Waals surface area contributed by atoms with Crippen molar-refractivity contribution >= 4 is 28.6 Å². The minimum absolute atomic E-state index is 0.197. The third-order valence-electron chi connectivity index (χ3n) is 4.88. The topological polar surface area (TPSA) is 99.5 Å². The summed E-state index contributed by atoms with van der Waals surface area (Å²) in [6.07, 6.45) is 0.702. The summed E-state index contributed by atoms with van der Waals surface area (Å²) in [4.78, 5) is 39.5. The van der Waals surface area contributed by atoms with Crippen molar-refractivity contribution in [2.75, 3.05) is 19.7 Å². The summed E-state index contributed by atoms with van der Waals surface area (Å²) >= 11 is 0. The number of nitrogens with zero attached hydrogens (tertiary/aromatic N) is 2. The summed E-state index contributed by atoms with van der Waals surface area (Å²) in [5.74, 6) is -1.44. The molecule has 0 aliphatic carbocycles. The molecular weight excluding hydrogens is 394 g/mol. The molecule has 0 radical (unpaired) electrons. The lowest BCUT2D eigenvalue weighted by Crippen LogP contribution is -2.52. The molecule has 0 aliphatic heterocycles. The van der Waals surface area contributed by atoms with Crippen LogP contribution >= 0.6 is 0 Å². The number of unbranched alkanes of at least 4 members (excludes halogenated alkanes) is 1. The fourth-order valence-electron chi connectivity index (χ4n) is 3.24. The first-order valence-electron chi connectivity index (χ1n) is 10.5. The van der Waals surface area contributed by atoms with E-state index in [-0.39, 0.29) is 43.8 Å². The minimum atomic E-state index is -0.810. The molecule has 0 aromatic heterocycles. The predicted molar refractivity (Wildman–Crippen MR) is 118 cm³/mol. The van der Waals surface area contributed by atoms with Gasteiger partial charge in [-0.05, 0) is 42.2 Å². The van der Waals surface area contributed by atoms with E-state index >= 15 is 0 Å². The largest absolute Gasteiger partial charge is 0.465 e. The smallest absolute Gasteiger partial charge is 0.325 e. The zero-order valence-corrected chi connectivity index (χ0v) is 18.3. The minimum Gasteiger partial charge on any atom is -0.465 e. The van der Waals surface area contributed by atoms with Gasteiger partial charge in [-0.3, -0.25) is 14.4 Å². The molecule has 1 N–H and O–H groups in total. The number of amides is 2. The predicted octanol–water partition coefficient (Wildman–Crippen LogP) is 3.29. The summed E-state index contributed by atoms with van der Waals surface area (Å²) < 4.78 is 4.98. The Balaban J connectivity index is 2.19. The van der Waals surface area contributed by atoms with E-state index in [1.807, 2.05) is 50.2 Å². The van der Waals surface area contributed by atoms with Crippen molar-refractivity contribution in [1.82, 2.24) is 10.2 Å². The monoisotopic (exact) mass is 423 g/mol. The van der Waals surface area contributed by atoms with Crippen LogP contribution < -0.4 is 5.32 Å². The molecule has 0 heterocycles. The average molecular weight is 424 g/mol. The van der Waals surface area contributed by atoms with E-state index in [9.17, 15) is 14.4 Å². The maximum absolute atomic E-state index is 13.2. The van der Waals surface area contributed by atoms with E-state index in [1.165, 1.54) is 4.90 Å². The molecule has 31 heavy (non-hydrogen) atoms. The Hall–Kier alpha value is -3.40. The standard InChI is InChI=1S/C24H29N3O4/c1-4-31-21(28)16-27(14-8-7-13-25)24(30)22(17(2)3)26-23(29)20-12-11-18-9-5-6-10-19(18)15-20/h5-6,9-12,15,17,22H,4,7-8,14,16H2,1-3H3,(H,26,29)/t22-/m0/s1. The molecule has 0 aliphatic rings. The molecular formula is C24H29N3O4. The van der Waals surface area contributed by atoms with Gasteiger partial charge in [0.2, 0.25) is 5.91 Å². The Morgan fingerprint density at radius 1 is 1.13 bits per heavy atom. The fraction of sp³-hybridized carbons (Fsp3) is 0.417. The molecule has 0 saturated carbocycles. The normalized spacial score (nSPS) is 11.6. The molecule has 2 rings (SSSR count). The molecule has 164 valence electrons. The van der Waals surface area contributed by atoms with Crippen molar-refractivity contribution < 1.29 is 19.1 Å². The molecule has 0 fully saturated rings. The molecule has 7 nitrogen and oxygen atoms in total. The van der Waals surface area contributed by atoms with Gasteiger partial charge in [0.05, 0.1) is 12.7 Å². The van der Waals surface area contributed by atoms with Crippen LogP contribution in [0.25, 0.3) is 10.8 Å². The van der Waals surface area contributed by atoms with Gasteiger partial charge >= 0.3 is 5.97 Å². The van der Waals surface area contributed by atoms with Gasteiger partial charge in [-0.1, -0.05) is 44.2 Å². The van der Waals surface area contributed by atoms with Crippen molar-refractivity contribution in [3.63, 3.8) is 0 Å². The van der Waals surface area contributed by atoms with E-state index in [2.05, 4.69) is 5.32 Å². The van der Waals surface area contributed by atoms with Crippen LogP contribution in [0, 0.1) is 17.2 Å². The summed E-state index contributed by atoms with van der Waals surface area (Å²) in [6.45, 7) is 5.60. The van der Waals surface area contributed by atoms with Gasteiger partial charge < -0.3 is 15.0 Å². The van der Waals surface area contributed by atoms with Crippen molar-refractivity contribution in [3.8, 4) is 6.07 Å². The molecule has 2 aromatic rings. The zero-order chi connectivity index (χ0) is 22.8. The van der Waals surface area contributed by atoms with Crippen LogP contribution in [-0.4, -0.2) is 48.4 Å². The van der Waals surface area contributed by atoms with Crippen LogP contribution in [0.1, 0.15) is 44.0 Å². The van der Waals surface area contributed by atoms with Crippen LogP contribution in [0.5, 0.6) is 0 Å². The van der Waals surface area contributed by atoms with Crippen LogP contribution in [0.3, 0.4) is 0 Å². The van der Waals surface area contributed by atoms with Crippen LogP contribution in [-0.2, 0) is 14.3 Å². The SMILES string of the molecule is CCOC(=O)CN(CCCC#N)C(=O)[C@@H](NC(=O)c1ccc2ccccc2c1)C(C)C. The highest BCUT2D eigenvalue weighted by Crippen LogP contribution is 2.16. The second-order valence-corrected chi connectivity index (χ2v) is 7.58. The van der Waals surface area contributed by atoms with Crippen molar-refractivity contribution in [1.29, 1.82) is 5.26 Å². The quantitative estimate of drug-likeness (QED) is 0.467. The van der Waals surface area contributed by atoms with Gasteiger partial charge in [0.25, 0.3) is 5.91 Å². The molecule has 0 unspecified atom stereocenters. The molecule has 7 heteroatoms. The van der Waals surface area contributed by atoms with Gasteiger partial charge in [-0.15, -0.1) is 0 Å². The van der Waals surface area contributed by atoms with E-state index < -0.39 is 12.0 Å². The number of esters is 1. The summed E-state index contributed by atoms with van der Waals surface area (Å²) in [5.41, 5.74) is 0.457. The molecule has 0 bridgehead atoms. The first-order chi connectivity index (χ1) is 14.9. The third-order valence-corrected chi connectivity index (χ3v) is 4.88. The highest BCUT2D eigenvalue weighted by atomic mass is 16.5. The second kappa shape index (κ2) is 11.7. The van der Waals surface area contributed by atoms with E-state index in [4.69, 9.17) is 10.00 Å².